The monoisotopic (exact) mass is 258 g/mol. The number of fused-ring (bicyclic) bond motifs is 1. The van der Waals surface area contributed by atoms with E-state index in [1.807, 2.05) is 11.0 Å². The molecule has 0 aliphatic carbocycles. The number of carbonyl (C=O) groups excluding carboxylic acids is 1. The number of hydrogen-bond acceptors (Lipinski definition) is 2. The van der Waals surface area contributed by atoms with E-state index in [9.17, 15) is 4.79 Å². The molecule has 0 spiro atoms. The quantitative estimate of drug-likeness (QED) is 0.882. The van der Waals surface area contributed by atoms with Crippen LogP contribution in [0.4, 0.5) is 0 Å². The van der Waals surface area contributed by atoms with E-state index in [1.165, 1.54) is 17.5 Å². The molecule has 1 aromatic rings. The molecule has 3 nitrogen and oxygen atoms in total. The van der Waals surface area contributed by atoms with Crippen molar-refractivity contribution >= 4 is 5.91 Å². The molecular formula is C16H22N2O. The van der Waals surface area contributed by atoms with Gasteiger partial charge in [-0.15, -0.1) is 0 Å². The van der Waals surface area contributed by atoms with Crippen LogP contribution >= 0.6 is 0 Å². The Bertz CT molecular complexity index is 484. The first-order valence-electron chi connectivity index (χ1n) is 7.39. The van der Waals surface area contributed by atoms with Crippen LogP contribution in [0.5, 0.6) is 0 Å². The van der Waals surface area contributed by atoms with Gasteiger partial charge in [0.1, 0.15) is 0 Å². The van der Waals surface area contributed by atoms with Crippen molar-refractivity contribution in [2.75, 3.05) is 19.6 Å². The molecule has 0 aromatic heterocycles. The molecule has 0 radical (unpaired) electrons. The van der Waals surface area contributed by atoms with E-state index in [0.717, 1.165) is 44.6 Å². The molecule has 2 aliphatic heterocycles. The Hall–Kier alpha value is -1.35. The highest BCUT2D eigenvalue weighted by Crippen LogP contribution is 2.22. The molecule has 1 atom stereocenters. The zero-order valence-electron chi connectivity index (χ0n) is 11.6. The Labute approximate surface area is 115 Å². The summed E-state index contributed by atoms with van der Waals surface area (Å²) in [4.78, 5) is 14.5. The van der Waals surface area contributed by atoms with Gasteiger partial charge in [-0.25, -0.2) is 0 Å². The van der Waals surface area contributed by atoms with E-state index in [2.05, 4.69) is 24.4 Å². The number of amides is 1. The standard InChI is InChI=1S/C16H22N2O/c1-2-12-6-8-18(11-12)16(19)14-4-3-13-5-7-17-10-15(13)9-14/h3-4,9,12,17H,2,5-8,10-11H2,1H3. The number of nitrogens with one attached hydrogen (secondary N) is 1. The third-order valence-electron chi connectivity index (χ3n) is 4.49. The minimum atomic E-state index is 0.212. The van der Waals surface area contributed by atoms with Gasteiger partial charge in [-0.3, -0.25) is 4.79 Å². The summed E-state index contributed by atoms with van der Waals surface area (Å²) in [5.74, 6) is 0.910. The number of benzene rings is 1. The molecular weight excluding hydrogens is 236 g/mol. The van der Waals surface area contributed by atoms with Gasteiger partial charge in [-0.1, -0.05) is 19.4 Å². The maximum atomic E-state index is 12.5. The fourth-order valence-corrected chi connectivity index (χ4v) is 3.15. The van der Waals surface area contributed by atoms with Crippen molar-refractivity contribution in [1.82, 2.24) is 10.2 Å². The molecule has 102 valence electrons. The lowest BCUT2D eigenvalue weighted by Gasteiger charge is -2.20. The number of nitrogens with zero attached hydrogens (tertiary/aromatic N) is 1. The van der Waals surface area contributed by atoms with E-state index >= 15 is 0 Å². The fraction of sp³-hybridized carbons (Fsp3) is 0.562. The summed E-state index contributed by atoms with van der Waals surface area (Å²) in [5.41, 5.74) is 3.55. The third kappa shape index (κ3) is 2.52. The second-order valence-electron chi connectivity index (χ2n) is 5.72. The molecule has 1 aromatic carbocycles. The molecule has 1 saturated heterocycles. The first kappa shape index (κ1) is 12.7. The van der Waals surface area contributed by atoms with Crippen molar-refractivity contribution in [2.24, 2.45) is 5.92 Å². The van der Waals surface area contributed by atoms with Crippen LogP contribution in [0.25, 0.3) is 0 Å². The predicted molar refractivity (Wildman–Crippen MR) is 76.2 cm³/mol. The van der Waals surface area contributed by atoms with E-state index in [4.69, 9.17) is 0 Å². The zero-order valence-corrected chi connectivity index (χ0v) is 11.6. The summed E-state index contributed by atoms with van der Waals surface area (Å²) in [6, 6.07) is 6.23. The highest BCUT2D eigenvalue weighted by Gasteiger charge is 2.26. The molecule has 1 fully saturated rings. The summed E-state index contributed by atoms with van der Waals surface area (Å²) in [6.07, 6.45) is 3.41. The largest absolute Gasteiger partial charge is 0.338 e. The molecule has 1 amide bonds. The highest BCUT2D eigenvalue weighted by molar-refractivity contribution is 5.94. The van der Waals surface area contributed by atoms with Gasteiger partial charge in [0.25, 0.3) is 5.91 Å². The Morgan fingerprint density at radius 3 is 3.11 bits per heavy atom. The Morgan fingerprint density at radius 2 is 2.32 bits per heavy atom. The van der Waals surface area contributed by atoms with E-state index in [0.29, 0.717) is 5.92 Å². The van der Waals surface area contributed by atoms with Crippen LogP contribution in [0.2, 0.25) is 0 Å². The number of likely N-dealkylation sites (tertiary alicyclic amines) is 1. The maximum Gasteiger partial charge on any atom is 0.253 e. The van der Waals surface area contributed by atoms with Crippen molar-refractivity contribution in [3.05, 3.63) is 34.9 Å². The van der Waals surface area contributed by atoms with Gasteiger partial charge in [0.2, 0.25) is 0 Å². The average molecular weight is 258 g/mol. The van der Waals surface area contributed by atoms with Gasteiger partial charge in [-0.2, -0.15) is 0 Å². The average Bonchev–Trinajstić information content (AvgIpc) is 2.95. The summed E-state index contributed by atoms with van der Waals surface area (Å²) >= 11 is 0. The molecule has 0 saturated carbocycles. The lowest BCUT2D eigenvalue weighted by Crippen LogP contribution is -2.29. The molecule has 2 heterocycles. The summed E-state index contributed by atoms with van der Waals surface area (Å²) in [6.45, 7) is 6.01. The van der Waals surface area contributed by atoms with E-state index in [1.54, 1.807) is 0 Å². The predicted octanol–water partition coefficient (Wildman–Crippen LogP) is 2.20. The minimum absolute atomic E-state index is 0.212. The Morgan fingerprint density at radius 1 is 1.42 bits per heavy atom. The van der Waals surface area contributed by atoms with Gasteiger partial charge < -0.3 is 10.2 Å². The molecule has 3 rings (SSSR count). The first-order valence-corrected chi connectivity index (χ1v) is 7.39. The Balaban J connectivity index is 1.77. The van der Waals surface area contributed by atoms with Crippen molar-refractivity contribution in [3.63, 3.8) is 0 Å². The normalized spacial score (nSPS) is 22.4. The lowest BCUT2D eigenvalue weighted by atomic mass is 9.98. The van der Waals surface area contributed by atoms with Gasteiger partial charge in [-0.05, 0) is 48.6 Å². The van der Waals surface area contributed by atoms with Gasteiger partial charge in [0, 0.05) is 25.2 Å². The first-order chi connectivity index (χ1) is 9.28. The number of hydrogen-bond donors (Lipinski definition) is 1. The molecule has 1 unspecified atom stereocenters. The smallest absolute Gasteiger partial charge is 0.253 e. The fourth-order valence-electron chi connectivity index (χ4n) is 3.15. The van der Waals surface area contributed by atoms with Gasteiger partial charge in [0.15, 0.2) is 0 Å². The van der Waals surface area contributed by atoms with Crippen molar-refractivity contribution in [2.45, 2.75) is 32.7 Å². The third-order valence-corrected chi connectivity index (χ3v) is 4.49. The number of rotatable bonds is 2. The molecule has 3 heteroatoms. The highest BCUT2D eigenvalue weighted by atomic mass is 16.2. The van der Waals surface area contributed by atoms with Crippen molar-refractivity contribution in [1.29, 1.82) is 0 Å². The van der Waals surface area contributed by atoms with Crippen LogP contribution < -0.4 is 5.32 Å². The lowest BCUT2D eigenvalue weighted by molar-refractivity contribution is 0.0787. The minimum Gasteiger partial charge on any atom is -0.338 e. The zero-order chi connectivity index (χ0) is 13.2. The topological polar surface area (TPSA) is 32.3 Å². The number of carbonyl (C=O) groups is 1. The van der Waals surface area contributed by atoms with E-state index in [-0.39, 0.29) is 5.91 Å². The van der Waals surface area contributed by atoms with E-state index < -0.39 is 0 Å². The maximum absolute atomic E-state index is 12.5. The van der Waals surface area contributed by atoms with Gasteiger partial charge in [0.05, 0.1) is 0 Å². The summed E-state index contributed by atoms with van der Waals surface area (Å²) in [7, 11) is 0. The summed E-state index contributed by atoms with van der Waals surface area (Å²) < 4.78 is 0. The van der Waals surface area contributed by atoms with Crippen LogP contribution in [0.3, 0.4) is 0 Å². The summed E-state index contributed by atoms with van der Waals surface area (Å²) in [5, 5.41) is 3.37. The second kappa shape index (κ2) is 5.33. The Kier molecular flexibility index (Phi) is 3.56. The van der Waals surface area contributed by atoms with Crippen molar-refractivity contribution in [3.8, 4) is 0 Å². The molecule has 1 N–H and O–H groups in total. The van der Waals surface area contributed by atoms with Crippen molar-refractivity contribution < 1.29 is 4.79 Å². The molecule has 19 heavy (non-hydrogen) atoms. The van der Waals surface area contributed by atoms with Crippen LogP contribution in [-0.2, 0) is 13.0 Å². The van der Waals surface area contributed by atoms with Gasteiger partial charge >= 0.3 is 0 Å². The molecule has 0 bridgehead atoms. The molecule has 2 aliphatic rings. The van der Waals surface area contributed by atoms with Crippen LogP contribution in [0.15, 0.2) is 18.2 Å². The van der Waals surface area contributed by atoms with Crippen LogP contribution in [0, 0.1) is 5.92 Å². The van der Waals surface area contributed by atoms with Crippen LogP contribution in [-0.4, -0.2) is 30.4 Å². The second-order valence-corrected chi connectivity index (χ2v) is 5.72. The van der Waals surface area contributed by atoms with Crippen LogP contribution in [0.1, 0.15) is 41.3 Å². The SMILES string of the molecule is CCC1CCN(C(=O)c2ccc3c(c2)CNCC3)C1.